The number of aromatic nitrogens is 4. The van der Waals surface area contributed by atoms with Gasteiger partial charge in [0, 0.05) is 12.4 Å². The first-order valence-corrected chi connectivity index (χ1v) is 6.75. The topological polar surface area (TPSA) is 86.7 Å². The van der Waals surface area contributed by atoms with Gasteiger partial charge in [-0.05, 0) is 23.9 Å². The molecule has 0 spiro atoms. The fraction of sp³-hybridized carbons (Fsp3) is 0.0769. The second-order valence-corrected chi connectivity index (χ2v) is 5.16. The highest BCUT2D eigenvalue weighted by molar-refractivity contribution is 7.13. The van der Waals surface area contributed by atoms with E-state index >= 15 is 0 Å². The van der Waals surface area contributed by atoms with Gasteiger partial charge < -0.3 is 5.73 Å². The first-order chi connectivity index (χ1) is 9.65. The molecular weight excluding hydrogens is 274 g/mol. The number of amides is 1. The molecule has 2 N–H and O–H groups in total. The van der Waals surface area contributed by atoms with Crippen LogP contribution in [0.5, 0.6) is 0 Å². The zero-order chi connectivity index (χ0) is 14.1. The van der Waals surface area contributed by atoms with Gasteiger partial charge in [-0.15, -0.1) is 11.3 Å². The van der Waals surface area contributed by atoms with Crippen LogP contribution in [-0.4, -0.2) is 25.7 Å². The molecule has 0 saturated carbocycles. The molecule has 3 heterocycles. The van der Waals surface area contributed by atoms with Crippen molar-refractivity contribution in [1.29, 1.82) is 0 Å². The summed E-state index contributed by atoms with van der Waals surface area (Å²) in [5.74, 6) is -0.117. The Morgan fingerprint density at radius 2 is 2.25 bits per heavy atom. The van der Waals surface area contributed by atoms with Crippen LogP contribution in [0.15, 0.2) is 36.1 Å². The molecule has 0 aliphatic carbocycles. The number of thiophene rings is 1. The van der Waals surface area contributed by atoms with E-state index in [4.69, 9.17) is 5.73 Å². The van der Waals surface area contributed by atoms with Gasteiger partial charge in [0.05, 0.1) is 22.3 Å². The Labute approximate surface area is 118 Å². The molecular formula is C13H11N5OS. The van der Waals surface area contributed by atoms with Crippen molar-refractivity contribution in [2.75, 3.05) is 0 Å². The zero-order valence-corrected chi connectivity index (χ0v) is 11.5. The molecule has 0 atom stereocenters. The van der Waals surface area contributed by atoms with Gasteiger partial charge in [-0.25, -0.2) is 14.6 Å². The third kappa shape index (κ3) is 2.19. The SMILES string of the molecule is Cc1cnc(-n2cc(C(N)=O)cn2)nc1-c1cccs1. The average molecular weight is 285 g/mol. The normalized spacial score (nSPS) is 10.7. The van der Waals surface area contributed by atoms with Crippen LogP contribution in [0, 0.1) is 6.92 Å². The highest BCUT2D eigenvalue weighted by Crippen LogP contribution is 2.25. The summed E-state index contributed by atoms with van der Waals surface area (Å²) < 4.78 is 1.44. The first-order valence-electron chi connectivity index (χ1n) is 5.87. The second kappa shape index (κ2) is 4.86. The number of carbonyl (C=O) groups excluding carboxylic acids is 1. The van der Waals surface area contributed by atoms with Gasteiger partial charge in [-0.3, -0.25) is 4.79 Å². The Morgan fingerprint density at radius 1 is 1.40 bits per heavy atom. The van der Waals surface area contributed by atoms with Crippen molar-refractivity contribution in [3.63, 3.8) is 0 Å². The number of carbonyl (C=O) groups is 1. The van der Waals surface area contributed by atoms with Crippen molar-refractivity contribution in [2.24, 2.45) is 5.73 Å². The Morgan fingerprint density at radius 3 is 2.90 bits per heavy atom. The van der Waals surface area contributed by atoms with Crippen molar-refractivity contribution in [1.82, 2.24) is 19.7 Å². The first kappa shape index (κ1) is 12.5. The molecule has 3 aromatic rings. The van der Waals surface area contributed by atoms with Gasteiger partial charge in [0.25, 0.3) is 11.9 Å². The summed E-state index contributed by atoms with van der Waals surface area (Å²) in [5.41, 5.74) is 7.38. The monoisotopic (exact) mass is 285 g/mol. The molecule has 0 saturated heterocycles. The largest absolute Gasteiger partial charge is 0.366 e. The number of rotatable bonds is 3. The Bertz CT molecular complexity index is 763. The van der Waals surface area contributed by atoms with Crippen molar-refractivity contribution < 1.29 is 4.79 Å². The van der Waals surface area contributed by atoms with Gasteiger partial charge in [0.15, 0.2) is 0 Å². The second-order valence-electron chi connectivity index (χ2n) is 4.22. The standard InChI is InChI=1S/C13H11N5OS/c1-8-5-15-13(17-11(8)10-3-2-4-20-10)18-7-9(6-16-18)12(14)19/h2-7H,1H3,(H2,14,19). The lowest BCUT2D eigenvalue weighted by Gasteiger charge is -2.05. The maximum absolute atomic E-state index is 11.1. The summed E-state index contributed by atoms with van der Waals surface area (Å²) in [6, 6.07) is 3.97. The molecule has 3 aromatic heterocycles. The third-order valence-corrected chi connectivity index (χ3v) is 3.66. The zero-order valence-electron chi connectivity index (χ0n) is 10.6. The third-order valence-electron chi connectivity index (χ3n) is 2.79. The van der Waals surface area contributed by atoms with E-state index in [1.165, 1.54) is 17.1 Å². The summed E-state index contributed by atoms with van der Waals surface area (Å²) >= 11 is 1.61. The molecule has 6 nitrogen and oxygen atoms in total. The Hall–Kier alpha value is -2.54. The molecule has 0 aliphatic heterocycles. The molecule has 0 radical (unpaired) electrons. The number of hydrogen-bond acceptors (Lipinski definition) is 5. The summed E-state index contributed by atoms with van der Waals surface area (Å²) in [7, 11) is 0. The summed E-state index contributed by atoms with van der Waals surface area (Å²) in [5, 5.41) is 6.05. The van der Waals surface area contributed by atoms with Gasteiger partial charge >= 0.3 is 0 Å². The van der Waals surface area contributed by atoms with Crippen LogP contribution >= 0.6 is 11.3 Å². The number of primary amides is 1. The maximum atomic E-state index is 11.1. The highest BCUT2D eigenvalue weighted by Gasteiger charge is 2.11. The van der Waals surface area contributed by atoms with Crippen LogP contribution in [0.4, 0.5) is 0 Å². The summed E-state index contributed by atoms with van der Waals surface area (Å²) in [4.78, 5) is 20.9. The van der Waals surface area contributed by atoms with Crippen LogP contribution in [0.2, 0.25) is 0 Å². The number of nitrogens with two attached hydrogens (primary N) is 1. The van der Waals surface area contributed by atoms with E-state index in [-0.39, 0.29) is 0 Å². The van der Waals surface area contributed by atoms with E-state index in [9.17, 15) is 4.79 Å². The minimum absolute atomic E-state index is 0.326. The maximum Gasteiger partial charge on any atom is 0.251 e. The van der Waals surface area contributed by atoms with E-state index in [1.807, 2.05) is 24.4 Å². The van der Waals surface area contributed by atoms with Crippen molar-refractivity contribution in [3.05, 3.63) is 47.2 Å². The van der Waals surface area contributed by atoms with E-state index in [1.54, 1.807) is 17.5 Å². The molecule has 0 unspecified atom stereocenters. The van der Waals surface area contributed by atoms with Crippen LogP contribution < -0.4 is 5.73 Å². The molecule has 0 aliphatic rings. The minimum Gasteiger partial charge on any atom is -0.366 e. The molecule has 0 fully saturated rings. The van der Waals surface area contributed by atoms with Crippen molar-refractivity contribution in [2.45, 2.75) is 6.92 Å². The highest BCUT2D eigenvalue weighted by atomic mass is 32.1. The smallest absolute Gasteiger partial charge is 0.251 e. The summed E-state index contributed by atoms with van der Waals surface area (Å²) in [6.07, 6.45) is 4.66. The Kier molecular flexibility index (Phi) is 3.03. The van der Waals surface area contributed by atoms with Gasteiger partial charge in [0.1, 0.15) is 0 Å². The van der Waals surface area contributed by atoms with Gasteiger partial charge in [0.2, 0.25) is 0 Å². The lowest BCUT2D eigenvalue weighted by Crippen LogP contribution is -2.09. The Balaban J connectivity index is 2.06. The van der Waals surface area contributed by atoms with E-state index in [0.29, 0.717) is 11.5 Å². The lowest BCUT2D eigenvalue weighted by molar-refractivity contribution is 0.100. The predicted molar refractivity (Wildman–Crippen MR) is 75.7 cm³/mol. The van der Waals surface area contributed by atoms with E-state index in [0.717, 1.165) is 16.1 Å². The summed E-state index contributed by atoms with van der Waals surface area (Å²) in [6.45, 7) is 1.96. The molecule has 20 heavy (non-hydrogen) atoms. The van der Waals surface area contributed by atoms with Gasteiger partial charge in [-0.2, -0.15) is 5.10 Å². The average Bonchev–Trinajstić information content (AvgIpc) is 3.10. The minimum atomic E-state index is -0.526. The lowest BCUT2D eigenvalue weighted by atomic mass is 10.2. The number of aryl methyl sites for hydroxylation is 1. The molecule has 7 heteroatoms. The van der Waals surface area contributed by atoms with Crippen LogP contribution in [0.1, 0.15) is 15.9 Å². The quantitative estimate of drug-likeness (QED) is 0.795. The molecule has 0 aromatic carbocycles. The number of hydrogen-bond donors (Lipinski definition) is 1. The van der Waals surface area contributed by atoms with E-state index in [2.05, 4.69) is 15.1 Å². The van der Waals surface area contributed by atoms with Crippen molar-refractivity contribution in [3.8, 4) is 16.5 Å². The predicted octanol–water partition coefficient (Wildman–Crippen LogP) is 1.80. The molecule has 0 bridgehead atoms. The molecule has 100 valence electrons. The fourth-order valence-corrected chi connectivity index (χ4v) is 2.54. The van der Waals surface area contributed by atoms with Crippen LogP contribution in [0.3, 0.4) is 0 Å². The van der Waals surface area contributed by atoms with Crippen molar-refractivity contribution >= 4 is 17.2 Å². The van der Waals surface area contributed by atoms with E-state index < -0.39 is 5.91 Å². The molecule has 1 amide bonds. The van der Waals surface area contributed by atoms with Gasteiger partial charge in [-0.1, -0.05) is 6.07 Å². The van der Waals surface area contributed by atoms with Crippen LogP contribution in [0.25, 0.3) is 16.5 Å². The molecule has 3 rings (SSSR count). The number of nitrogens with zero attached hydrogens (tertiary/aromatic N) is 4. The fourth-order valence-electron chi connectivity index (χ4n) is 1.77. The van der Waals surface area contributed by atoms with Crippen LogP contribution in [-0.2, 0) is 0 Å².